The summed E-state index contributed by atoms with van der Waals surface area (Å²) in [4.78, 5) is 17.7. The van der Waals surface area contributed by atoms with E-state index in [4.69, 9.17) is 14.2 Å². The second-order valence-corrected chi connectivity index (χ2v) is 21.5. The van der Waals surface area contributed by atoms with Crippen molar-refractivity contribution >= 4 is 85.3 Å². The van der Waals surface area contributed by atoms with E-state index in [1.54, 1.807) is 21.3 Å². The minimum absolute atomic E-state index is 0.555. The summed E-state index contributed by atoms with van der Waals surface area (Å²) in [5.74, 6) is 2.11. The van der Waals surface area contributed by atoms with Gasteiger partial charge >= 0.3 is 0 Å². The molecule has 0 N–H and O–H groups in total. The zero-order chi connectivity index (χ0) is 59.8. The van der Waals surface area contributed by atoms with Gasteiger partial charge in [0.05, 0.1) is 21.3 Å². The first-order chi connectivity index (χ1) is 43.4. The molecule has 0 heterocycles. The number of methoxy groups -OCH3 is 3. The third-order valence-electron chi connectivity index (χ3n) is 16.2. The zero-order valence-electron chi connectivity index (χ0n) is 49.1. The highest BCUT2D eigenvalue weighted by molar-refractivity contribution is 6.10. The second-order valence-electron chi connectivity index (χ2n) is 21.5. The Balaban J connectivity index is 0.808. The first-order valence-electron chi connectivity index (χ1n) is 29.4. The summed E-state index contributed by atoms with van der Waals surface area (Å²) in [6, 6.07) is 105. The molecule has 0 amide bonds. The molecule has 13 aromatic carbocycles. The molecule has 0 unspecified atom stereocenters. The molecule has 0 atom stereocenters. The fraction of sp³-hybridized carbons (Fsp3) is 0.0366. The Morgan fingerprint density at radius 3 is 1.00 bits per heavy atom. The highest BCUT2D eigenvalue weighted by Gasteiger charge is 2.20. The lowest BCUT2D eigenvalue weighted by molar-refractivity contribution is 0.112. The van der Waals surface area contributed by atoms with Crippen LogP contribution in [0.25, 0.3) is 67.1 Å². The van der Waals surface area contributed by atoms with Crippen LogP contribution >= 0.6 is 0 Å². The van der Waals surface area contributed by atoms with E-state index in [2.05, 4.69) is 265 Å². The maximum atomic E-state index is 13.2. The molecule has 0 aliphatic heterocycles. The van der Waals surface area contributed by atoms with Crippen molar-refractivity contribution in [2.45, 2.75) is 0 Å². The predicted molar refractivity (Wildman–Crippen MR) is 366 cm³/mol. The summed E-state index contributed by atoms with van der Waals surface area (Å²) in [6.45, 7) is 0. The molecule has 0 radical (unpaired) electrons. The van der Waals surface area contributed by atoms with Crippen molar-refractivity contribution in [3.05, 3.63) is 342 Å². The largest absolute Gasteiger partial charge is 0.496 e. The van der Waals surface area contributed by atoms with Crippen LogP contribution in [0.5, 0.6) is 17.2 Å². The van der Waals surface area contributed by atoms with E-state index in [-0.39, 0.29) is 0 Å². The normalized spacial score (nSPS) is 11.5. The molecule has 0 saturated heterocycles. The molecule has 6 nitrogen and oxygen atoms in total. The number of hydrogen-bond acceptors (Lipinski definition) is 6. The zero-order valence-corrected chi connectivity index (χ0v) is 49.1. The first kappa shape index (κ1) is 55.7. The summed E-state index contributed by atoms with van der Waals surface area (Å²) >= 11 is 0. The molecule has 13 aromatic rings. The number of benzene rings is 13. The maximum absolute atomic E-state index is 13.2. The molecule has 6 heteroatoms. The number of carbonyl (C=O) groups excluding carboxylic acids is 1. The summed E-state index contributed by atoms with van der Waals surface area (Å²) in [7, 11) is 5.13. The lowest BCUT2D eigenvalue weighted by Crippen LogP contribution is -2.09. The molecule has 424 valence electrons. The number of ether oxygens (including phenoxy) is 3. The van der Waals surface area contributed by atoms with Gasteiger partial charge in [0.25, 0.3) is 0 Å². The average Bonchev–Trinajstić information content (AvgIpc) is 1.21. The molecule has 0 saturated carbocycles. The van der Waals surface area contributed by atoms with E-state index in [9.17, 15) is 4.79 Å². The Labute approximate surface area is 514 Å². The van der Waals surface area contributed by atoms with Gasteiger partial charge in [-0.15, -0.1) is 0 Å². The average molecular weight is 1140 g/mol. The van der Waals surface area contributed by atoms with Gasteiger partial charge in [-0.2, -0.15) is 0 Å². The van der Waals surface area contributed by atoms with Crippen LogP contribution in [0.2, 0.25) is 0 Å². The topological polar surface area (TPSA) is 51.2 Å². The van der Waals surface area contributed by atoms with Crippen molar-refractivity contribution in [2.24, 2.45) is 0 Å². The van der Waals surface area contributed by atoms with Gasteiger partial charge < -0.3 is 24.0 Å². The molecular formula is C82H62N2O4. The summed E-state index contributed by atoms with van der Waals surface area (Å²) < 4.78 is 18.6. The number of anilines is 6. The van der Waals surface area contributed by atoms with E-state index in [0.717, 1.165) is 140 Å². The highest BCUT2D eigenvalue weighted by atomic mass is 16.5. The van der Waals surface area contributed by atoms with Crippen molar-refractivity contribution in [1.29, 1.82) is 0 Å². The van der Waals surface area contributed by atoms with Crippen LogP contribution in [0.3, 0.4) is 0 Å². The SMILES string of the molecule is COc1cc(-c2ccc3c(ccc4cc(-c5cc(C=O)c(/C=C(\c6ccccc6)c6ccc(N(c7ccccc7)c7ccccc7)cc6)cc5OC)ccc43)c2)c(OC)cc1/C=C(\c1ccccc1)c1ccc(N(c2ccccc2)c2ccccc2)cc1. The number of carbonyl (C=O) groups is 1. The van der Waals surface area contributed by atoms with Crippen LogP contribution in [0, 0.1) is 0 Å². The van der Waals surface area contributed by atoms with Gasteiger partial charge in [0.15, 0.2) is 6.29 Å². The molecule has 0 aliphatic carbocycles. The van der Waals surface area contributed by atoms with Crippen molar-refractivity contribution in [2.75, 3.05) is 31.1 Å². The molecule has 13 rings (SSSR count). The molecule has 0 bridgehead atoms. The number of aldehydes is 1. The first-order valence-corrected chi connectivity index (χ1v) is 29.4. The lowest BCUT2D eigenvalue weighted by atomic mass is 9.91. The van der Waals surface area contributed by atoms with Gasteiger partial charge in [-0.05, 0) is 193 Å². The molecular weight excluding hydrogens is 1080 g/mol. The van der Waals surface area contributed by atoms with Crippen LogP contribution in [0.1, 0.15) is 43.7 Å². The number of fused-ring (bicyclic) bond motifs is 3. The number of para-hydroxylation sites is 4. The van der Waals surface area contributed by atoms with Crippen LogP contribution in [0.15, 0.2) is 303 Å². The lowest BCUT2D eigenvalue weighted by Gasteiger charge is -2.25. The Hall–Kier alpha value is -11.5. The third kappa shape index (κ3) is 11.5. The molecule has 88 heavy (non-hydrogen) atoms. The molecule has 0 aliphatic rings. The van der Waals surface area contributed by atoms with Crippen molar-refractivity contribution in [3.63, 3.8) is 0 Å². The second kappa shape index (κ2) is 25.4. The summed E-state index contributed by atoms with van der Waals surface area (Å²) in [6.07, 6.45) is 5.23. The molecule has 0 fully saturated rings. The summed E-state index contributed by atoms with van der Waals surface area (Å²) in [5, 5.41) is 4.37. The highest BCUT2D eigenvalue weighted by Crippen LogP contribution is 2.44. The van der Waals surface area contributed by atoms with Crippen molar-refractivity contribution < 1.29 is 19.0 Å². The number of nitrogens with zero attached hydrogens (tertiary/aromatic N) is 2. The Morgan fingerprint density at radius 1 is 0.295 bits per heavy atom. The van der Waals surface area contributed by atoms with E-state index in [1.165, 1.54) is 0 Å². The quantitative estimate of drug-likeness (QED) is 0.0485. The van der Waals surface area contributed by atoms with Gasteiger partial charge in [0, 0.05) is 56.4 Å². The van der Waals surface area contributed by atoms with Gasteiger partial charge in [-0.25, -0.2) is 0 Å². The van der Waals surface area contributed by atoms with Gasteiger partial charge in [0.2, 0.25) is 0 Å². The molecule has 0 spiro atoms. The van der Waals surface area contributed by atoms with Crippen molar-refractivity contribution in [1.82, 2.24) is 0 Å². The maximum Gasteiger partial charge on any atom is 0.150 e. The van der Waals surface area contributed by atoms with Crippen LogP contribution < -0.4 is 24.0 Å². The van der Waals surface area contributed by atoms with Gasteiger partial charge in [-0.1, -0.05) is 194 Å². The van der Waals surface area contributed by atoms with Crippen LogP contribution in [-0.2, 0) is 0 Å². The van der Waals surface area contributed by atoms with Crippen LogP contribution in [-0.4, -0.2) is 27.6 Å². The Bertz CT molecular complexity index is 4570. The smallest absolute Gasteiger partial charge is 0.150 e. The summed E-state index contributed by atoms with van der Waals surface area (Å²) in [5.41, 5.74) is 18.5. The minimum Gasteiger partial charge on any atom is -0.496 e. The fourth-order valence-corrected chi connectivity index (χ4v) is 11.9. The van der Waals surface area contributed by atoms with E-state index >= 15 is 0 Å². The molecule has 0 aromatic heterocycles. The Morgan fingerprint density at radius 2 is 0.625 bits per heavy atom. The minimum atomic E-state index is 0.555. The van der Waals surface area contributed by atoms with Crippen molar-refractivity contribution in [3.8, 4) is 39.5 Å². The van der Waals surface area contributed by atoms with E-state index < -0.39 is 0 Å². The number of rotatable bonds is 18. The van der Waals surface area contributed by atoms with Gasteiger partial charge in [0.1, 0.15) is 17.2 Å². The van der Waals surface area contributed by atoms with E-state index in [0.29, 0.717) is 11.3 Å². The third-order valence-corrected chi connectivity index (χ3v) is 16.2. The van der Waals surface area contributed by atoms with E-state index in [1.807, 2.05) is 60.7 Å². The van der Waals surface area contributed by atoms with Crippen LogP contribution in [0.4, 0.5) is 34.1 Å². The standard InChI is InChI=1S/C82H62N2O4/c1-86-80-55-79(82(88-3)54-66(80)51-77(58-24-12-5-13-25-58)60-38-44-73(45-39-60)84(70-30-18-8-19-31-70)71-32-20-9-21-33-71)64-41-47-75-62(49-64)35-34-61-48-63(40-46-74(61)75)78-52-67(56-85)65(53-81(78)87-2)50-76(57-22-10-4-11-23-57)59-36-42-72(43-37-59)83(68-26-14-6-15-27-68)69-28-16-7-17-29-69/h4-56H,1-3H3/b76-50+,77-51+. The fourth-order valence-electron chi connectivity index (χ4n) is 11.9. The monoisotopic (exact) mass is 1140 g/mol. The van der Waals surface area contributed by atoms with Gasteiger partial charge in [-0.3, -0.25) is 4.79 Å². The number of hydrogen-bond donors (Lipinski definition) is 0. The Kier molecular flexibility index (Phi) is 16.1. The predicted octanol–water partition coefficient (Wildman–Crippen LogP) is 21.3.